The lowest BCUT2D eigenvalue weighted by molar-refractivity contribution is -0.0264. The maximum atomic E-state index is 11.6. The Labute approximate surface area is 307 Å². The van der Waals surface area contributed by atoms with Crippen LogP contribution in [0.5, 0.6) is 0 Å². The number of alkyl carbamates (subject to hydrolysis) is 1. The minimum atomic E-state index is -0.466. The van der Waals surface area contributed by atoms with E-state index in [9.17, 15) is 4.79 Å². The molecule has 13 heteroatoms. The topological polar surface area (TPSA) is 131 Å². The molecule has 0 atom stereocenters. The van der Waals surface area contributed by atoms with Gasteiger partial charge in [0, 0.05) is 13.2 Å². The molecule has 0 radical (unpaired) electrons. The average Bonchev–Trinajstić information content (AvgIpc) is 3.15. The molecule has 1 N–H and O–H groups in total. The molecule has 0 saturated carbocycles. The molecular weight excluding hydrogens is 662 g/mol. The van der Waals surface area contributed by atoms with E-state index in [0.29, 0.717) is 132 Å². The fourth-order valence-corrected chi connectivity index (χ4v) is 4.42. The summed E-state index contributed by atoms with van der Waals surface area (Å²) in [4.78, 5) is 11.6. The number of nitrogens with one attached hydrogen (secondary N) is 1. The highest BCUT2D eigenvalue weighted by atomic mass is 16.6. The summed E-state index contributed by atoms with van der Waals surface area (Å²) in [6.07, 6.45) is 10.0. The standard InChI is InChI=1S/C38H69NO12/c1-2-3-4-5-6-7-8-12-16-41-18-20-43-22-24-45-26-28-47-30-32-49-34-35-50-33-31-48-29-27-46-25-23-44-21-19-42-17-15-39-38(40)51-36-37-13-10-9-11-14-37/h9-11,13-14H,2-8,12,15-36H2,1H3,(H,39,40). The molecule has 298 valence electrons. The second-order valence-electron chi connectivity index (χ2n) is 11.6. The van der Waals surface area contributed by atoms with Crippen molar-refractivity contribution in [3.05, 3.63) is 35.9 Å². The second-order valence-corrected chi connectivity index (χ2v) is 11.6. The maximum absolute atomic E-state index is 11.6. The number of benzene rings is 1. The van der Waals surface area contributed by atoms with Crippen molar-refractivity contribution in [3.8, 4) is 0 Å². The molecule has 0 saturated heterocycles. The molecular formula is C38H69NO12. The highest BCUT2D eigenvalue weighted by Gasteiger charge is 2.02. The highest BCUT2D eigenvalue weighted by Crippen LogP contribution is 2.08. The van der Waals surface area contributed by atoms with Gasteiger partial charge >= 0.3 is 6.09 Å². The summed E-state index contributed by atoms with van der Waals surface area (Å²) >= 11 is 0. The molecule has 1 rings (SSSR count). The SMILES string of the molecule is CCCCCCCCCCOCCOCCOCCOCCOCCOCCOCCOCCOCCOCCNC(=O)OCc1ccccc1. The molecule has 0 unspecified atom stereocenters. The van der Waals surface area contributed by atoms with Crippen molar-refractivity contribution in [1.29, 1.82) is 0 Å². The summed E-state index contributed by atoms with van der Waals surface area (Å²) in [7, 11) is 0. The second kappa shape index (κ2) is 40.9. The zero-order valence-electron chi connectivity index (χ0n) is 31.5. The lowest BCUT2D eigenvalue weighted by Gasteiger charge is -2.09. The van der Waals surface area contributed by atoms with Crippen LogP contribution < -0.4 is 5.32 Å². The molecule has 0 spiro atoms. The lowest BCUT2D eigenvalue weighted by atomic mass is 10.1. The van der Waals surface area contributed by atoms with Crippen LogP contribution in [0.1, 0.15) is 63.9 Å². The monoisotopic (exact) mass is 731 g/mol. The van der Waals surface area contributed by atoms with Crippen LogP contribution in [0.25, 0.3) is 0 Å². The smallest absolute Gasteiger partial charge is 0.407 e. The molecule has 0 aromatic heterocycles. The average molecular weight is 732 g/mol. The van der Waals surface area contributed by atoms with Crippen LogP contribution in [0.4, 0.5) is 4.79 Å². The lowest BCUT2D eigenvalue weighted by Crippen LogP contribution is -2.28. The first kappa shape index (κ1) is 47.1. The Morgan fingerprint density at radius 2 is 0.765 bits per heavy atom. The summed E-state index contributed by atoms with van der Waals surface area (Å²) in [5.41, 5.74) is 0.940. The predicted molar refractivity (Wildman–Crippen MR) is 195 cm³/mol. The van der Waals surface area contributed by atoms with Gasteiger partial charge in [-0.25, -0.2) is 4.79 Å². The van der Waals surface area contributed by atoms with E-state index in [4.69, 9.17) is 52.1 Å². The van der Waals surface area contributed by atoms with E-state index in [2.05, 4.69) is 12.2 Å². The van der Waals surface area contributed by atoms with Crippen LogP contribution in [0.15, 0.2) is 30.3 Å². The van der Waals surface area contributed by atoms with Crippen LogP contribution in [-0.2, 0) is 58.7 Å². The minimum absolute atomic E-state index is 0.240. The zero-order chi connectivity index (χ0) is 36.4. The Bertz CT molecular complexity index is 823. The van der Waals surface area contributed by atoms with E-state index in [1.54, 1.807) is 0 Å². The van der Waals surface area contributed by atoms with Crippen molar-refractivity contribution >= 4 is 6.09 Å². The Hall–Kier alpha value is -1.91. The van der Waals surface area contributed by atoms with Crippen molar-refractivity contribution in [2.24, 2.45) is 0 Å². The third-order valence-electron chi connectivity index (χ3n) is 7.22. The van der Waals surface area contributed by atoms with Gasteiger partial charge in [-0.3, -0.25) is 0 Å². The summed E-state index contributed by atoms with van der Waals surface area (Å²) in [5, 5.41) is 2.65. The molecule has 1 aromatic carbocycles. The predicted octanol–water partition coefficient (Wildman–Crippen LogP) is 5.22. The molecule has 51 heavy (non-hydrogen) atoms. The Kier molecular flexibility index (Phi) is 37.7. The highest BCUT2D eigenvalue weighted by molar-refractivity contribution is 5.67. The summed E-state index contributed by atoms with van der Waals surface area (Å²) < 4.78 is 60.2. The van der Waals surface area contributed by atoms with Gasteiger partial charge < -0.3 is 57.4 Å². The molecule has 1 aromatic rings. The van der Waals surface area contributed by atoms with Gasteiger partial charge in [0.05, 0.1) is 126 Å². The molecule has 0 aliphatic rings. The Morgan fingerprint density at radius 1 is 0.431 bits per heavy atom. The van der Waals surface area contributed by atoms with E-state index >= 15 is 0 Å². The summed E-state index contributed by atoms with van der Waals surface area (Å²) in [5.74, 6) is 0. The van der Waals surface area contributed by atoms with Crippen LogP contribution in [0.3, 0.4) is 0 Å². The molecule has 0 fully saturated rings. The largest absolute Gasteiger partial charge is 0.445 e. The third-order valence-corrected chi connectivity index (χ3v) is 7.22. The van der Waals surface area contributed by atoms with Crippen molar-refractivity contribution in [2.75, 3.05) is 139 Å². The van der Waals surface area contributed by atoms with Crippen molar-refractivity contribution < 1.29 is 56.9 Å². The van der Waals surface area contributed by atoms with Gasteiger partial charge in [0.25, 0.3) is 0 Å². The van der Waals surface area contributed by atoms with Crippen LogP contribution >= 0.6 is 0 Å². The fraction of sp³-hybridized carbons (Fsp3) is 0.816. The van der Waals surface area contributed by atoms with Crippen molar-refractivity contribution in [3.63, 3.8) is 0 Å². The van der Waals surface area contributed by atoms with Crippen molar-refractivity contribution in [1.82, 2.24) is 5.32 Å². The normalized spacial score (nSPS) is 11.3. The van der Waals surface area contributed by atoms with Gasteiger partial charge in [-0.2, -0.15) is 0 Å². The summed E-state index contributed by atoms with van der Waals surface area (Å²) in [6.45, 7) is 13.4. The van der Waals surface area contributed by atoms with E-state index < -0.39 is 6.09 Å². The number of amides is 1. The van der Waals surface area contributed by atoms with Gasteiger partial charge in [-0.1, -0.05) is 82.2 Å². The number of carbonyl (C=O) groups excluding carboxylic acids is 1. The third kappa shape index (κ3) is 37.6. The van der Waals surface area contributed by atoms with E-state index in [1.807, 2.05) is 30.3 Å². The molecule has 0 aliphatic carbocycles. The van der Waals surface area contributed by atoms with Crippen LogP contribution in [0, 0.1) is 0 Å². The molecule has 0 aliphatic heterocycles. The molecule has 0 bridgehead atoms. The first-order valence-corrected chi connectivity index (χ1v) is 19.0. The zero-order valence-corrected chi connectivity index (χ0v) is 31.5. The van der Waals surface area contributed by atoms with Gasteiger partial charge in [0.15, 0.2) is 0 Å². The van der Waals surface area contributed by atoms with Crippen LogP contribution in [0.2, 0.25) is 0 Å². The fourth-order valence-electron chi connectivity index (χ4n) is 4.42. The quantitative estimate of drug-likeness (QED) is 0.0887. The minimum Gasteiger partial charge on any atom is -0.445 e. The summed E-state index contributed by atoms with van der Waals surface area (Å²) in [6, 6.07) is 9.52. The number of hydrogen-bond donors (Lipinski definition) is 1. The number of rotatable bonds is 41. The molecule has 13 nitrogen and oxygen atoms in total. The number of unbranched alkanes of at least 4 members (excludes halogenated alkanes) is 7. The van der Waals surface area contributed by atoms with Gasteiger partial charge in [0.2, 0.25) is 0 Å². The van der Waals surface area contributed by atoms with E-state index in [0.717, 1.165) is 18.6 Å². The molecule has 1 amide bonds. The first-order valence-electron chi connectivity index (χ1n) is 19.0. The van der Waals surface area contributed by atoms with E-state index in [-0.39, 0.29) is 6.61 Å². The van der Waals surface area contributed by atoms with Gasteiger partial charge in [-0.15, -0.1) is 0 Å². The number of ether oxygens (including phenoxy) is 11. The maximum Gasteiger partial charge on any atom is 0.407 e. The van der Waals surface area contributed by atoms with Crippen LogP contribution in [-0.4, -0.2) is 145 Å². The van der Waals surface area contributed by atoms with Gasteiger partial charge in [-0.05, 0) is 12.0 Å². The molecule has 0 heterocycles. The Balaban J connectivity index is 1.62. The Morgan fingerprint density at radius 3 is 1.16 bits per heavy atom. The first-order chi connectivity index (χ1) is 25.3. The van der Waals surface area contributed by atoms with Crippen molar-refractivity contribution in [2.45, 2.75) is 64.9 Å². The van der Waals surface area contributed by atoms with E-state index in [1.165, 1.54) is 44.9 Å². The number of carbonyl (C=O) groups is 1. The number of hydrogen-bond acceptors (Lipinski definition) is 12. The van der Waals surface area contributed by atoms with Gasteiger partial charge in [0.1, 0.15) is 6.61 Å².